The number of aliphatic hydroxyl groups is 2. The zero-order valence-electron chi connectivity index (χ0n) is 19.4. The van der Waals surface area contributed by atoms with Crippen molar-refractivity contribution in [2.24, 2.45) is 0 Å². The summed E-state index contributed by atoms with van der Waals surface area (Å²) in [5, 5.41) is 20.0. The van der Waals surface area contributed by atoms with E-state index in [0.717, 1.165) is 24.2 Å². The molecule has 1 aliphatic rings. The second-order valence-corrected chi connectivity index (χ2v) is 8.27. The summed E-state index contributed by atoms with van der Waals surface area (Å²) in [7, 11) is 0. The number of aliphatic hydroxyl groups excluding tert-OH is 2. The summed E-state index contributed by atoms with van der Waals surface area (Å²) < 4.78 is 18.1. The van der Waals surface area contributed by atoms with Crippen molar-refractivity contribution in [1.29, 1.82) is 0 Å². The van der Waals surface area contributed by atoms with Crippen LogP contribution in [0.3, 0.4) is 0 Å². The van der Waals surface area contributed by atoms with Crippen molar-refractivity contribution >= 4 is 16.7 Å². The first-order valence-corrected chi connectivity index (χ1v) is 11.3. The number of hydrogen-bond donors (Lipinski definition) is 2. The van der Waals surface area contributed by atoms with Gasteiger partial charge in [-0.1, -0.05) is 0 Å². The molecular formula is C24H29N3O7. The van der Waals surface area contributed by atoms with Gasteiger partial charge in [0.15, 0.2) is 0 Å². The lowest BCUT2D eigenvalue weighted by atomic mass is 10.1. The SMILES string of the molecule is CCN(CC)c1ccc2c(COc3nc(=O)n([C@H]4C[C@H](O)[C@@H](CO)O4)cc3C)cc(=O)oc2c1. The van der Waals surface area contributed by atoms with E-state index in [1.807, 2.05) is 18.2 Å². The van der Waals surface area contributed by atoms with Crippen LogP contribution in [0.2, 0.25) is 0 Å². The molecule has 182 valence electrons. The first kappa shape index (κ1) is 23.9. The van der Waals surface area contributed by atoms with Crippen LogP contribution < -0.4 is 21.0 Å². The number of rotatable bonds is 8. The first-order valence-electron chi connectivity index (χ1n) is 11.3. The van der Waals surface area contributed by atoms with E-state index in [1.165, 1.54) is 10.6 Å². The van der Waals surface area contributed by atoms with Gasteiger partial charge in [0.2, 0.25) is 5.88 Å². The van der Waals surface area contributed by atoms with Gasteiger partial charge >= 0.3 is 11.3 Å². The van der Waals surface area contributed by atoms with Gasteiger partial charge < -0.3 is 29.0 Å². The molecule has 3 heterocycles. The lowest BCUT2D eigenvalue weighted by molar-refractivity contribution is -0.0460. The zero-order valence-corrected chi connectivity index (χ0v) is 19.4. The van der Waals surface area contributed by atoms with Crippen LogP contribution in [-0.2, 0) is 11.3 Å². The van der Waals surface area contributed by atoms with Crippen molar-refractivity contribution in [2.45, 2.75) is 52.2 Å². The highest BCUT2D eigenvalue weighted by atomic mass is 16.5. The second kappa shape index (κ2) is 9.96. The van der Waals surface area contributed by atoms with E-state index >= 15 is 0 Å². The van der Waals surface area contributed by atoms with Gasteiger partial charge in [0.25, 0.3) is 0 Å². The van der Waals surface area contributed by atoms with Gasteiger partial charge in [-0.25, -0.2) is 9.59 Å². The van der Waals surface area contributed by atoms with Crippen LogP contribution in [0.1, 0.15) is 37.6 Å². The monoisotopic (exact) mass is 471 g/mol. The van der Waals surface area contributed by atoms with Gasteiger partial charge in [-0.2, -0.15) is 4.98 Å². The van der Waals surface area contributed by atoms with E-state index < -0.39 is 29.8 Å². The maximum atomic E-state index is 12.6. The predicted octanol–water partition coefficient (Wildman–Crippen LogP) is 1.72. The van der Waals surface area contributed by atoms with Crippen molar-refractivity contribution in [2.75, 3.05) is 24.6 Å². The number of anilines is 1. The first-order chi connectivity index (χ1) is 16.3. The van der Waals surface area contributed by atoms with Crippen LogP contribution in [0.4, 0.5) is 5.69 Å². The molecule has 1 fully saturated rings. The average Bonchev–Trinajstić information content (AvgIpc) is 3.20. The molecule has 0 amide bonds. The molecule has 10 heteroatoms. The molecule has 1 aromatic carbocycles. The van der Waals surface area contributed by atoms with E-state index in [4.69, 9.17) is 13.9 Å². The summed E-state index contributed by atoms with van der Waals surface area (Å²) in [6.07, 6.45) is -0.599. The number of ether oxygens (including phenoxy) is 2. The molecule has 0 aliphatic carbocycles. The molecule has 0 unspecified atom stereocenters. The van der Waals surface area contributed by atoms with Crippen molar-refractivity contribution in [3.8, 4) is 5.88 Å². The molecule has 3 aromatic rings. The quantitative estimate of drug-likeness (QED) is 0.472. The fourth-order valence-corrected chi connectivity index (χ4v) is 4.22. The molecule has 1 saturated heterocycles. The number of aryl methyl sites for hydroxylation is 1. The Balaban J connectivity index is 1.57. The maximum Gasteiger partial charge on any atom is 0.352 e. The number of hydrogen-bond acceptors (Lipinski definition) is 9. The van der Waals surface area contributed by atoms with Crippen LogP contribution in [-0.4, -0.2) is 51.7 Å². The number of benzene rings is 1. The van der Waals surface area contributed by atoms with Crippen molar-refractivity contribution < 1.29 is 24.1 Å². The molecule has 0 saturated carbocycles. The molecule has 3 atom stereocenters. The Kier molecular flexibility index (Phi) is 7.01. The fourth-order valence-electron chi connectivity index (χ4n) is 4.22. The fraction of sp³-hybridized carbons (Fsp3) is 0.458. The third kappa shape index (κ3) is 4.70. The lowest BCUT2D eigenvalue weighted by Crippen LogP contribution is -2.28. The Morgan fingerprint density at radius 2 is 2.00 bits per heavy atom. The highest BCUT2D eigenvalue weighted by Crippen LogP contribution is 2.29. The minimum absolute atomic E-state index is 0.0231. The topological polar surface area (TPSA) is 127 Å². The van der Waals surface area contributed by atoms with E-state index in [9.17, 15) is 19.8 Å². The van der Waals surface area contributed by atoms with E-state index in [-0.39, 0.29) is 25.5 Å². The van der Waals surface area contributed by atoms with Gasteiger partial charge in [-0.15, -0.1) is 0 Å². The normalized spacial score (nSPS) is 20.1. The van der Waals surface area contributed by atoms with Crippen LogP contribution in [0.25, 0.3) is 11.0 Å². The summed E-state index contributed by atoms with van der Waals surface area (Å²) in [6, 6.07) is 7.08. The summed E-state index contributed by atoms with van der Waals surface area (Å²) in [5.41, 5.74) is 1.54. The molecule has 0 spiro atoms. The smallest absolute Gasteiger partial charge is 0.352 e. The second-order valence-electron chi connectivity index (χ2n) is 8.27. The van der Waals surface area contributed by atoms with E-state index in [1.54, 1.807) is 13.1 Å². The van der Waals surface area contributed by atoms with E-state index in [0.29, 0.717) is 16.7 Å². The number of nitrogens with zero attached hydrogens (tertiary/aromatic N) is 3. The summed E-state index contributed by atoms with van der Waals surface area (Å²) >= 11 is 0. The zero-order chi connectivity index (χ0) is 24.4. The van der Waals surface area contributed by atoms with Crippen LogP contribution in [0.15, 0.2) is 44.5 Å². The Bertz CT molecular complexity index is 1280. The van der Waals surface area contributed by atoms with Crippen molar-refractivity contribution in [3.05, 3.63) is 62.5 Å². The van der Waals surface area contributed by atoms with Crippen LogP contribution >= 0.6 is 0 Å². The molecular weight excluding hydrogens is 442 g/mol. The predicted molar refractivity (Wildman–Crippen MR) is 125 cm³/mol. The molecule has 1 aliphatic heterocycles. The van der Waals surface area contributed by atoms with Crippen LogP contribution in [0.5, 0.6) is 5.88 Å². The summed E-state index contributed by atoms with van der Waals surface area (Å²) in [4.78, 5) is 30.9. The van der Waals surface area contributed by atoms with Gasteiger partial charge in [-0.3, -0.25) is 4.57 Å². The number of aromatic nitrogens is 2. The van der Waals surface area contributed by atoms with Gasteiger partial charge in [0.05, 0.1) is 12.7 Å². The van der Waals surface area contributed by atoms with E-state index in [2.05, 4.69) is 23.7 Å². The molecule has 0 bridgehead atoms. The Morgan fingerprint density at radius 1 is 1.24 bits per heavy atom. The Hall–Kier alpha value is -3.21. The van der Waals surface area contributed by atoms with Gasteiger partial charge in [0.1, 0.15) is 24.5 Å². The van der Waals surface area contributed by atoms with Gasteiger partial charge in [0, 0.05) is 60.0 Å². The minimum atomic E-state index is -0.863. The minimum Gasteiger partial charge on any atom is -0.472 e. The third-order valence-corrected chi connectivity index (χ3v) is 6.09. The highest BCUT2D eigenvalue weighted by Gasteiger charge is 2.35. The molecule has 2 N–H and O–H groups in total. The summed E-state index contributed by atoms with van der Waals surface area (Å²) in [5.74, 6) is 0.139. The third-order valence-electron chi connectivity index (χ3n) is 6.09. The Morgan fingerprint density at radius 3 is 2.68 bits per heavy atom. The van der Waals surface area contributed by atoms with Crippen LogP contribution in [0, 0.1) is 6.92 Å². The largest absolute Gasteiger partial charge is 0.472 e. The van der Waals surface area contributed by atoms with Crippen molar-refractivity contribution in [3.63, 3.8) is 0 Å². The molecule has 10 nitrogen and oxygen atoms in total. The summed E-state index contributed by atoms with van der Waals surface area (Å²) in [6.45, 7) is 7.20. The maximum absolute atomic E-state index is 12.6. The average molecular weight is 472 g/mol. The standard InChI is InChI=1S/C24H29N3O7/c1-4-26(5-2)16-6-7-17-15(8-22(30)34-19(17)9-16)13-32-23-14(3)11-27(24(31)25-23)21-10-18(29)20(12-28)33-21/h6-9,11,18,20-21,28-29H,4-5,10,12-13H2,1-3H3/t18-,20+,21+/m0/s1. The Labute approximate surface area is 196 Å². The molecule has 0 radical (unpaired) electrons. The molecule has 4 rings (SSSR count). The van der Waals surface area contributed by atoms with Gasteiger partial charge in [-0.05, 0) is 32.9 Å². The highest BCUT2D eigenvalue weighted by molar-refractivity contribution is 5.83. The number of fused-ring (bicyclic) bond motifs is 1. The lowest BCUT2D eigenvalue weighted by Gasteiger charge is -2.21. The molecule has 34 heavy (non-hydrogen) atoms. The van der Waals surface area contributed by atoms with Crippen molar-refractivity contribution in [1.82, 2.24) is 9.55 Å². The molecule has 2 aromatic heterocycles.